The second kappa shape index (κ2) is 7.74. The maximum absolute atomic E-state index is 12.3. The average molecular weight is 352 g/mol. The zero-order valence-electron chi connectivity index (χ0n) is 14.9. The molecule has 0 aliphatic rings. The van der Waals surface area contributed by atoms with E-state index in [0.717, 1.165) is 22.8 Å². The third kappa shape index (κ3) is 4.03. The van der Waals surface area contributed by atoms with Crippen molar-refractivity contribution in [1.29, 1.82) is 0 Å². The number of carbonyl (C=O) groups is 1. The van der Waals surface area contributed by atoms with Gasteiger partial charge in [-0.15, -0.1) is 0 Å². The predicted molar refractivity (Wildman–Crippen MR) is 98.0 cm³/mol. The highest BCUT2D eigenvalue weighted by Gasteiger charge is 2.14. The van der Waals surface area contributed by atoms with Crippen LogP contribution in [0.4, 0.5) is 5.82 Å². The molecule has 0 atom stereocenters. The Kier molecular flexibility index (Phi) is 5.22. The van der Waals surface area contributed by atoms with E-state index in [1.165, 1.54) is 0 Å². The number of pyridine rings is 1. The lowest BCUT2D eigenvalue weighted by molar-refractivity contribution is 0.0994. The number of anilines is 1. The van der Waals surface area contributed by atoms with Crippen molar-refractivity contribution in [2.45, 2.75) is 13.3 Å². The average Bonchev–Trinajstić information content (AvgIpc) is 3.10. The highest BCUT2D eigenvalue weighted by Crippen LogP contribution is 2.27. The second-order valence-corrected chi connectivity index (χ2v) is 5.74. The maximum atomic E-state index is 12.3. The molecule has 6 nitrogen and oxygen atoms in total. The van der Waals surface area contributed by atoms with Crippen molar-refractivity contribution in [2.75, 3.05) is 19.5 Å². The largest absolute Gasteiger partial charge is 0.497 e. The normalized spacial score (nSPS) is 10.4. The minimum atomic E-state index is -0.341. The Hall–Kier alpha value is -3.28. The summed E-state index contributed by atoms with van der Waals surface area (Å²) in [6, 6.07) is 14.4. The Morgan fingerprint density at radius 2 is 1.96 bits per heavy atom. The van der Waals surface area contributed by atoms with Gasteiger partial charge in [0.1, 0.15) is 23.1 Å². The van der Waals surface area contributed by atoms with Gasteiger partial charge in [0, 0.05) is 17.7 Å². The van der Waals surface area contributed by atoms with Crippen LogP contribution in [0.25, 0.3) is 0 Å². The molecule has 0 bridgehead atoms. The summed E-state index contributed by atoms with van der Waals surface area (Å²) >= 11 is 0. The van der Waals surface area contributed by atoms with Gasteiger partial charge in [-0.05, 0) is 49.4 Å². The van der Waals surface area contributed by atoms with E-state index >= 15 is 0 Å². The van der Waals surface area contributed by atoms with E-state index in [9.17, 15) is 4.79 Å². The first-order chi connectivity index (χ1) is 12.6. The Morgan fingerprint density at radius 3 is 2.69 bits per heavy atom. The van der Waals surface area contributed by atoms with Crippen LogP contribution in [0.5, 0.6) is 11.5 Å². The smallest absolute Gasteiger partial charge is 0.292 e. The van der Waals surface area contributed by atoms with Crippen molar-refractivity contribution in [2.24, 2.45) is 0 Å². The SMILES string of the molecule is COc1ccc(OC)c(Cc2ccc(C(=O)Nc3cccc(C)n3)o2)c1. The van der Waals surface area contributed by atoms with Gasteiger partial charge in [0.2, 0.25) is 0 Å². The van der Waals surface area contributed by atoms with Crippen LogP contribution < -0.4 is 14.8 Å². The van der Waals surface area contributed by atoms with Crippen LogP contribution in [0.15, 0.2) is 52.9 Å². The molecule has 3 aromatic rings. The van der Waals surface area contributed by atoms with Gasteiger partial charge >= 0.3 is 0 Å². The summed E-state index contributed by atoms with van der Waals surface area (Å²) in [5.41, 5.74) is 1.74. The van der Waals surface area contributed by atoms with Crippen molar-refractivity contribution in [3.63, 3.8) is 0 Å². The molecule has 134 valence electrons. The van der Waals surface area contributed by atoms with Gasteiger partial charge in [-0.3, -0.25) is 4.79 Å². The summed E-state index contributed by atoms with van der Waals surface area (Å²) in [5.74, 6) is 2.49. The molecule has 0 spiro atoms. The minimum Gasteiger partial charge on any atom is -0.497 e. The van der Waals surface area contributed by atoms with Crippen LogP contribution in [0.3, 0.4) is 0 Å². The van der Waals surface area contributed by atoms with Gasteiger partial charge in [0.15, 0.2) is 5.76 Å². The van der Waals surface area contributed by atoms with Gasteiger partial charge in [0.05, 0.1) is 14.2 Å². The predicted octanol–water partition coefficient (Wildman–Crippen LogP) is 3.84. The minimum absolute atomic E-state index is 0.227. The molecular weight excluding hydrogens is 332 g/mol. The number of furan rings is 1. The monoisotopic (exact) mass is 352 g/mol. The van der Waals surface area contributed by atoms with Crippen LogP contribution in [0.2, 0.25) is 0 Å². The molecule has 0 unspecified atom stereocenters. The van der Waals surface area contributed by atoms with E-state index < -0.39 is 0 Å². The fraction of sp³-hybridized carbons (Fsp3) is 0.200. The lowest BCUT2D eigenvalue weighted by Gasteiger charge is -2.09. The van der Waals surface area contributed by atoms with Gasteiger partial charge in [-0.1, -0.05) is 6.07 Å². The van der Waals surface area contributed by atoms with Gasteiger partial charge in [-0.25, -0.2) is 4.98 Å². The lowest BCUT2D eigenvalue weighted by Crippen LogP contribution is -2.12. The molecule has 0 aliphatic carbocycles. The number of nitrogens with one attached hydrogen (secondary N) is 1. The Bertz CT molecular complexity index is 918. The Balaban J connectivity index is 1.75. The Labute approximate surface area is 151 Å². The van der Waals surface area contributed by atoms with Crippen LogP contribution in [-0.2, 0) is 6.42 Å². The van der Waals surface area contributed by atoms with Crippen LogP contribution in [-0.4, -0.2) is 25.1 Å². The molecule has 0 saturated heterocycles. The number of hydrogen-bond donors (Lipinski definition) is 1. The van der Waals surface area contributed by atoms with E-state index in [1.807, 2.05) is 37.3 Å². The van der Waals surface area contributed by atoms with E-state index in [4.69, 9.17) is 13.9 Å². The fourth-order valence-electron chi connectivity index (χ4n) is 2.59. The highest BCUT2D eigenvalue weighted by atomic mass is 16.5. The molecule has 6 heteroatoms. The number of rotatable bonds is 6. The van der Waals surface area contributed by atoms with Gasteiger partial charge in [0.25, 0.3) is 5.91 Å². The molecule has 0 saturated carbocycles. The van der Waals surface area contributed by atoms with Crippen molar-refractivity contribution in [3.8, 4) is 11.5 Å². The standard InChI is InChI=1S/C20H20N2O4/c1-13-5-4-6-19(21-13)22-20(23)18-10-8-16(26-18)12-14-11-15(24-2)7-9-17(14)25-3/h4-11H,12H2,1-3H3,(H,21,22,23). The molecule has 2 aromatic heterocycles. The van der Waals surface area contributed by atoms with Crippen molar-refractivity contribution in [1.82, 2.24) is 4.98 Å². The number of ether oxygens (including phenoxy) is 2. The molecule has 26 heavy (non-hydrogen) atoms. The zero-order valence-corrected chi connectivity index (χ0v) is 14.9. The van der Waals surface area contributed by atoms with E-state index in [2.05, 4.69) is 10.3 Å². The summed E-state index contributed by atoms with van der Waals surface area (Å²) < 4.78 is 16.3. The summed E-state index contributed by atoms with van der Waals surface area (Å²) in [5, 5.41) is 2.73. The van der Waals surface area contributed by atoms with Gasteiger partial charge < -0.3 is 19.2 Å². The maximum Gasteiger partial charge on any atom is 0.292 e. The molecule has 1 amide bonds. The first-order valence-electron chi connectivity index (χ1n) is 8.13. The van der Waals surface area contributed by atoms with Crippen LogP contribution in [0, 0.1) is 6.92 Å². The molecule has 1 N–H and O–H groups in total. The van der Waals surface area contributed by atoms with Crippen LogP contribution >= 0.6 is 0 Å². The van der Waals surface area contributed by atoms with Gasteiger partial charge in [-0.2, -0.15) is 0 Å². The summed E-state index contributed by atoms with van der Waals surface area (Å²) in [6.45, 7) is 1.86. The number of benzene rings is 1. The molecular formula is C20H20N2O4. The molecule has 3 rings (SSSR count). The first kappa shape index (κ1) is 17.5. The first-order valence-corrected chi connectivity index (χ1v) is 8.13. The molecule has 2 heterocycles. The molecule has 0 aliphatic heterocycles. The quantitative estimate of drug-likeness (QED) is 0.729. The summed E-state index contributed by atoms with van der Waals surface area (Å²) in [7, 11) is 3.22. The summed E-state index contributed by atoms with van der Waals surface area (Å²) in [4.78, 5) is 16.6. The van der Waals surface area contributed by atoms with Crippen molar-refractivity contribution >= 4 is 11.7 Å². The number of carbonyl (C=O) groups excluding carboxylic acids is 1. The topological polar surface area (TPSA) is 73.6 Å². The number of methoxy groups -OCH3 is 2. The lowest BCUT2D eigenvalue weighted by atomic mass is 10.1. The zero-order chi connectivity index (χ0) is 18.5. The van der Waals surface area contributed by atoms with E-state index in [0.29, 0.717) is 18.0 Å². The highest BCUT2D eigenvalue weighted by molar-refractivity contribution is 6.01. The number of aromatic nitrogens is 1. The number of nitrogens with zero attached hydrogens (tertiary/aromatic N) is 1. The molecule has 0 fully saturated rings. The number of hydrogen-bond acceptors (Lipinski definition) is 5. The second-order valence-electron chi connectivity index (χ2n) is 5.74. The third-order valence-corrected chi connectivity index (χ3v) is 3.87. The number of aryl methyl sites for hydroxylation is 1. The van der Waals surface area contributed by atoms with E-state index in [1.54, 1.807) is 32.4 Å². The molecule has 0 radical (unpaired) electrons. The van der Waals surface area contributed by atoms with Crippen molar-refractivity contribution < 1.29 is 18.7 Å². The van der Waals surface area contributed by atoms with Crippen LogP contribution in [0.1, 0.15) is 27.6 Å². The third-order valence-electron chi connectivity index (χ3n) is 3.87. The summed E-state index contributed by atoms with van der Waals surface area (Å²) in [6.07, 6.45) is 0.482. The molecule has 1 aromatic carbocycles. The van der Waals surface area contributed by atoms with E-state index in [-0.39, 0.29) is 11.7 Å². The number of amides is 1. The van der Waals surface area contributed by atoms with Crippen molar-refractivity contribution in [3.05, 3.63) is 71.3 Å². The Morgan fingerprint density at radius 1 is 1.12 bits per heavy atom. The fourth-order valence-corrected chi connectivity index (χ4v) is 2.59.